The van der Waals surface area contributed by atoms with E-state index in [9.17, 15) is 4.79 Å². The molecule has 1 atom stereocenters. The van der Waals surface area contributed by atoms with Gasteiger partial charge in [0.25, 0.3) is 5.91 Å². The van der Waals surface area contributed by atoms with Gasteiger partial charge >= 0.3 is 0 Å². The van der Waals surface area contributed by atoms with E-state index in [1.807, 2.05) is 44.2 Å². The minimum absolute atomic E-state index is 0.0634. The van der Waals surface area contributed by atoms with Crippen molar-refractivity contribution in [2.45, 2.75) is 58.5 Å². The third-order valence-electron chi connectivity index (χ3n) is 5.22. The quantitative estimate of drug-likeness (QED) is 0.652. The van der Waals surface area contributed by atoms with E-state index in [1.54, 1.807) is 0 Å². The molecule has 150 valence electrons. The maximum atomic E-state index is 12.4. The number of aryl methyl sites for hydroxylation is 2. The van der Waals surface area contributed by atoms with Crippen LogP contribution >= 0.6 is 0 Å². The number of para-hydroxylation sites is 1. The van der Waals surface area contributed by atoms with Crippen molar-refractivity contribution in [1.82, 2.24) is 5.32 Å². The molecule has 0 heterocycles. The molecule has 0 aromatic heterocycles. The Bertz CT molecular complexity index is 787. The number of fused-ring (bicyclic) bond motifs is 1. The molecule has 28 heavy (non-hydrogen) atoms. The number of hydrogen-bond acceptors (Lipinski definition) is 3. The van der Waals surface area contributed by atoms with Gasteiger partial charge in [-0.3, -0.25) is 4.79 Å². The van der Waals surface area contributed by atoms with Crippen molar-refractivity contribution in [3.63, 3.8) is 0 Å². The molecular weight excluding hydrogens is 350 g/mol. The zero-order chi connectivity index (χ0) is 19.8. The molecule has 1 aliphatic carbocycles. The van der Waals surface area contributed by atoms with E-state index in [4.69, 9.17) is 9.47 Å². The second kappa shape index (κ2) is 10.2. The predicted octanol–water partition coefficient (Wildman–Crippen LogP) is 4.48. The molecule has 0 bridgehead atoms. The lowest BCUT2D eigenvalue weighted by atomic mass is 9.91. The summed E-state index contributed by atoms with van der Waals surface area (Å²) in [6.07, 6.45) is 5.82. The topological polar surface area (TPSA) is 47.6 Å². The molecule has 0 spiro atoms. The molecule has 4 nitrogen and oxygen atoms in total. The highest BCUT2D eigenvalue weighted by Crippen LogP contribution is 2.30. The Hall–Kier alpha value is -2.49. The van der Waals surface area contributed by atoms with Crippen molar-refractivity contribution < 1.29 is 14.3 Å². The van der Waals surface area contributed by atoms with Gasteiger partial charge in [0.15, 0.2) is 6.10 Å². The molecule has 4 heteroatoms. The Balaban J connectivity index is 1.47. The maximum absolute atomic E-state index is 12.4. The van der Waals surface area contributed by atoms with Crippen LogP contribution in [0.25, 0.3) is 0 Å². The summed E-state index contributed by atoms with van der Waals surface area (Å²) in [6, 6.07) is 14.3. The predicted molar refractivity (Wildman–Crippen MR) is 112 cm³/mol. The van der Waals surface area contributed by atoms with Crippen molar-refractivity contribution >= 4 is 5.91 Å². The van der Waals surface area contributed by atoms with E-state index in [2.05, 4.69) is 17.4 Å². The number of rotatable bonds is 9. The monoisotopic (exact) mass is 381 g/mol. The van der Waals surface area contributed by atoms with Gasteiger partial charge in [-0.1, -0.05) is 30.3 Å². The number of hydrogen-bond donors (Lipinski definition) is 1. The molecule has 3 rings (SSSR count). The van der Waals surface area contributed by atoms with Gasteiger partial charge in [-0.2, -0.15) is 0 Å². The fourth-order valence-corrected chi connectivity index (χ4v) is 3.74. The second-order valence-corrected chi connectivity index (χ2v) is 7.30. The summed E-state index contributed by atoms with van der Waals surface area (Å²) in [5.74, 6) is 1.74. The third kappa shape index (κ3) is 5.28. The first-order chi connectivity index (χ1) is 13.7. The van der Waals surface area contributed by atoms with Crippen LogP contribution in [0.5, 0.6) is 11.5 Å². The van der Waals surface area contributed by atoms with E-state index in [-0.39, 0.29) is 5.91 Å². The molecule has 0 fully saturated rings. The molecule has 1 amide bonds. The summed E-state index contributed by atoms with van der Waals surface area (Å²) in [6.45, 7) is 5.09. The fraction of sp³-hybridized carbons (Fsp3) is 0.458. The highest BCUT2D eigenvalue weighted by atomic mass is 16.5. The van der Waals surface area contributed by atoms with Gasteiger partial charge < -0.3 is 14.8 Å². The smallest absolute Gasteiger partial charge is 0.260 e. The highest BCUT2D eigenvalue weighted by molar-refractivity contribution is 5.80. The lowest BCUT2D eigenvalue weighted by Gasteiger charge is -2.22. The van der Waals surface area contributed by atoms with Crippen LogP contribution < -0.4 is 14.8 Å². The summed E-state index contributed by atoms with van der Waals surface area (Å²) >= 11 is 0. The largest absolute Gasteiger partial charge is 0.494 e. The Morgan fingerprint density at radius 1 is 1.07 bits per heavy atom. The summed E-state index contributed by atoms with van der Waals surface area (Å²) in [5, 5.41) is 3.00. The first-order valence-corrected chi connectivity index (χ1v) is 10.4. The first kappa shape index (κ1) is 20.2. The van der Waals surface area contributed by atoms with Gasteiger partial charge in [-0.15, -0.1) is 0 Å². The summed E-state index contributed by atoms with van der Waals surface area (Å²) < 4.78 is 11.7. The molecular formula is C24H31NO3. The van der Waals surface area contributed by atoms with Crippen LogP contribution in [0.15, 0.2) is 42.5 Å². The Labute approximate surface area is 168 Å². The second-order valence-electron chi connectivity index (χ2n) is 7.30. The van der Waals surface area contributed by atoms with Gasteiger partial charge in [0.2, 0.25) is 0 Å². The first-order valence-electron chi connectivity index (χ1n) is 10.4. The van der Waals surface area contributed by atoms with Gasteiger partial charge in [0, 0.05) is 6.54 Å². The van der Waals surface area contributed by atoms with Crippen LogP contribution in [0.1, 0.15) is 49.8 Å². The minimum atomic E-state index is -0.496. The molecule has 0 radical (unpaired) electrons. The van der Waals surface area contributed by atoms with Crippen LogP contribution in [0.3, 0.4) is 0 Å². The zero-order valence-electron chi connectivity index (χ0n) is 17.0. The van der Waals surface area contributed by atoms with Crippen LogP contribution in [0.2, 0.25) is 0 Å². The molecule has 0 saturated carbocycles. The Morgan fingerprint density at radius 2 is 1.86 bits per heavy atom. The van der Waals surface area contributed by atoms with Gasteiger partial charge in [-0.05, 0) is 81.2 Å². The average molecular weight is 382 g/mol. The number of benzene rings is 2. The Kier molecular flexibility index (Phi) is 7.35. The van der Waals surface area contributed by atoms with Crippen molar-refractivity contribution in [3.05, 3.63) is 59.2 Å². The lowest BCUT2D eigenvalue weighted by Crippen LogP contribution is -2.37. The van der Waals surface area contributed by atoms with E-state index in [0.29, 0.717) is 13.2 Å². The van der Waals surface area contributed by atoms with Gasteiger partial charge in [0.05, 0.1) is 6.61 Å². The van der Waals surface area contributed by atoms with E-state index in [1.165, 1.54) is 29.5 Å². The standard InChI is InChI=1S/C24H31NO3/c1-3-27-22-15-7-5-11-20(22)13-9-17-25-24(26)18(2)28-23-16-8-12-19-10-4-6-14-21(19)23/h5,7-8,11-12,15-16,18H,3-4,6,9-10,13-14,17H2,1-2H3,(H,25,26)/t18-/m1/s1. The van der Waals surface area contributed by atoms with Crippen LogP contribution in [-0.4, -0.2) is 25.2 Å². The number of amides is 1. The molecule has 1 N–H and O–H groups in total. The molecule has 0 aliphatic heterocycles. The Morgan fingerprint density at radius 3 is 2.71 bits per heavy atom. The van der Waals surface area contributed by atoms with E-state index < -0.39 is 6.10 Å². The normalized spacial score (nSPS) is 14.1. The van der Waals surface area contributed by atoms with Crippen molar-refractivity contribution in [3.8, 4) is 11.5 Å². The number of carbonyl (C=O) groups excluding carboxylic acids is 1. The van der Waals surface area contributed by atoms with E-state index in [0.717, 1.165) is 37.2 Å². The number of carbonyl (C=O) groups is 1. The fourth-order valence-electron chi connectivity index (χ4n) is 3.74. The summed E-state index contributed by atoms with van der Waals surface area (Å²) in [5.41, 5.74) is 3.82. The number of nitrogens with one attached hydrogen (secondary N) is 1. The summed E-state index contributed by atoms with van der Waals surface area (Å²) in [4.78, 5) is 12.4. The van der Waals surface area contributed by atoms with Crippen LogP contribution in [-0.2, 0) is 24.1 Å². The maximum Gasteiger partial charge on any atom is 0.260 e. The van der Waals surface area contributed by atoms with Gasteiger partial charge in [0.1, 0.15) is 11.5 Å². The highest BCUT2D eigenvalue weighted by Gasteiger charge is 2.19. The van der Waals surface area contributed by atoms with Crippen LogP contribution in [0, 0.1) is 0 Å². The lowest BCUT2D eigenvalue weighted by molar-refractivity contribution is -0.127. The minimum Gasteiger partial charge on any atom is -0.494 e. The molecule has 2 aromatic rings. The van der Waals surface area contributed by atoms with Crippen LogP contribution in [0.4, 0.5) is 0 Å². The molecule has 2 aromatic carbocycles. The number of ether oxygens (including phenoxy) is 2. The third-order valence-corrected chi connectivity index (χ3v) is 5.22. The van der Waals surface area contributed by atoms with Crippen molar-refractivity contribution in [2.75, 3.05) is 13.2 Å². The molecule has 0 unspecified atom stereocenters. The SMILES string of the molecule is CCOc1ccccc1CCCNC(=O)[C@@H](C)Oc1cccc2c1CCCC2. The van der Waals surface area contributed by atoms with Crippen molar-refractivity contribution in [2.24, 2.45) is 0 Å². The summed E-state index contributed by atoms with van der Waals surface area (Å²) in [7, 11) is 0. The zero-order valence-corrected chi connectivity index (χ0v) is 17.0. The molecule has 0 saturated heterocycles. The van der Waals surface area contributed by atoms with E-state index >= 15 is 0 Å². The average Bonchev–Trinajstić information content (AvgIpc) is 2.72. The molecule has 1 aliphatic rings. The van der Waals surface area contributed by atoms with Gasteiger partial charge in [-0.25, -0.2) is 0 Å². The van der Waals surface area contributed by atoms with Crippen molar-refractivity contribution in [1.29, 1.82) is 0 Å².